The molecular formula is C12H12O2. The van der Waals surface area contributed by atoms with Crippen LogP contribution in [0.4, 0.5) is 0 Å². The van der Waals surface area contributed by atoms with Crippen molar-refractivity contribution in [2.75, 3.05) is 0 Å². The van der Waals surface area contributed by atoms with Gasteiger partial charge in [-0.25, -0.2) is 0 Å². The third-order valence-corrected chi connectivity index (χ3v) is 1.88. The number of carbonyl (C=O) groups excluding carboxylic acids is 2. The molecule has 0 aliphatic carbocycles. The minimum Gasteiger partial charge on any atom is -0.298 e. The van der Waals surface area contributed by atoms with Crippen molar-refractivity contribution in [1.82, 2.24) is 0 Å². The Kier molecular flexibility index (Phi) is 3.80. The van der Waals surface area contributed by atoms with Crippen molar-refractivity contribution in [2.45, 2.75) is 13.3 Å². The summed E-state index contributed by atoms with van der Waals surface area (Å²) in [5.74, 6) is 0.101. The van der Waals surface area contributed by atoms with Crippen molar-refractivity contribution in [3.05, 3.63) is 41.5 Å². The smallest absolute Gasteiger partial charge is 0.155 e. The quantitative estimate of drug-likeness (QED) is 0.537. The molecule has 0 spiro atoms. The first-order valence-electron chi connectivity index (χ1n) is 4.52. The highest BCUT2D eigenvalue weighted by Gasteiger charge is 1.91. The Labute approximate surface area is 83.3 Å². The van der Waals surface area contributed by atoms with Crippen LogP contribution < -0.4 is 0 Å². The number of hydrogen-bond donors (Lipinski definition) is 0. The van der Waals surface area contributed by atoms with E-state index < -0.39 is 0 Å². The van der Waals surface area contributed by atoms with Gasteiger partial charge < -0.3 is 0 Å². The number of carbonyl (C=O) groups is 2. The van der Waals surface area contributed by atoms with Crippen LogP contribution in [0, 0.1) is 0 Å². The van der Waals surface area contributed by atoms with E-state index >= 15 is 0 Å². The van der Waals surface area contributed by atoms with Gasteiger partial charge in [0.05, 0.1) is 0 Å². The predicted molar refractivity (Wildman–Crippen MR) is 56.2 cm³/mol. The van der Waals surface area contributed by atoms with Crippen LogP contribution in [0.5, 0.6) is 0 Å². The molecule has 1 aromatic carbocycles. The van der Waals surface area contributed by atoms with E-state index in [1.165, 1.54) is 0 Å². The summed E-state index contributed by atoms with van der Waals surface area (Å²) in [6.45, 7) is 1.82. The number of hydrogen-bond acceptors (Lipinski definition) is 2. The maximum absolute atomic E-state index is 11.0. The molecule has 1 rings (SSSR count). The van der Waals surface area contributed by atoms with E-state index in [-0.39, 0.29) is 5.78 Å². The topological polar surface area (TPSA) is 34.1 Å². The molecule has 14 heavy (non-hydrogen) atoms. The zero-order valence-corrected chi connectivity index (χ0v) is 8.07. The molecule has 72 valence electrons. The monoisotopic (exact) mass is 188 g/mol. The minimum absolute atomic E-state index is 0.101. The summed E-state index contributed by atoms with van der Waals surface area (Å²) < 4.78 is 0. The first-order chi connectivity index (χ1) is 6.76. The van der Waals surface area contributed by atoms with Crippen molar-refractivity contribution >= 4 is 18.1 Å². The molecule has 0 atom stereocenters. The van der Waals surface area contributed by atoms with Gasteiger partial charge >= 0.3 is 0 Å². The molecule has 0 fully saturated rings. The molecule has 2 nitrogen and oxygen atoms in total. The summed E-state index contributed by atoms with van der Waals surface area (Å²) >= 11 is 0. The van der Waals surface area contributed by atoms with Gasteiger partial charge in [-0.1, -0.05) is 37.3 Å². The molecule has 0 aliphatic rings. The molecule has 0 radical (unpaired) electrons. The highest BCUT2D eigenvalue weighted by molar-refractivity contribution is 5.93. The van der Waals surface area contributed by atoms with Gasteiger partial charge in [-0.2, -0.15) is 0 Å². The van der Waals surface area contributed by atoms with Crippen molar-refractivity contribution in [2.24, 2.45) is 0 Å². The molecule has 0 bridgehead atoms. The molecule has 0 aliphatic heterocycles. The van der Waals surface area contributed by atoms with Crippen LogP contribution in [0.25, 0.3) is 6.08 Å². The standard InChI is InChI=1S/C12H12O2/c1-2-12(14)8-7-10-3-5-11(9-13)6-4-10/h3-9H,2H2,1H3. The maximum Gasteiger partial charge on any atom is 0.155 e. The van der Waals surface area contributed by atoms with Gasteiger partial charge in [0.2, 0.25) is 0 Å². The summed E-state index contributed by atoms with van der Waals surface area (Å²) in [6, 6.07) is 7.07. The van der Waals surface area contributed by atoms with Gasteiger partial charge in [-0.15, -0.1) is 0 Å². The highest BCUT2D eigenvalue weighted by Crippen LogP contribution is 2.04. The summed E-state index contributed by atoms with van der Waals surface area (Å²) in [7, 11) is 0. The predicted octanol–water partition coefficient (Wildman–Crippen LogP) is 2.49. The summed E-state index contributed by atoms with van der Waals surface area (Å²) in [5, 5.41) is 0. The normalized spacial score (nSPS) is 10.4. The number of allylic oxidation sites excluding steroid dienone is 1. The lowest BCUT2D eigenvalue weighted by Gasteiger charge is -1.93. The second-order valence-electron chi connectivity index (χ2n) is 2.94. The van der Waals surface area contributed by atoms with Gasteiger partial charge in [0.15, 0.2) is 5.78 Å². The Balaban J connectivity index is 2.73. The number of benzene rings is 1. The zero-order valence-electron chi connectivity index (χ0n) is 8.07. The van der Waals surface area contributed by atoms with Gasteiger partial charge in [-0.3, -0.25) is 9.59 Å². The van der Waals surface area contributed by atoms with E-state index in [1.807, 2.05) is 19.1 Å². The molecular weight excluding hydrogens is 176 g/mol. The second kappa shape index (κ2) is 5.12. The molecule has 0 N–H and O–H groups in total. The van der Waals surface area contributed by atoms with E-state index in [1.54, 1.807) is 24.3 Å². The van der Waals surface area contributed by atoms with Crippen LogP contribution in [0.15, 0.2) is 30.3 Å². The Bertz CT molecular complexity index is 347. The minimum atomic E-state index is 0.101. The molecule has 0 unspecified atom stereocenters. The van der Waals surface area contributed by atoms with Crippen LogP contribution in [0.1, 0.15) is 29.3 Å². The van der Waals surface area contributed by atoms with E-state index in [4.69, 9.17) is 0 Å². The lowest BCUT2D eigenvalue weighted by Crippen LogP contribution is -1.86. The van der Waals surface area contributed by atoms with Gasteiger partial charge in [-0.05, 0) is 11.6 Å². The Hall–Kier alpha value is -1.70. The van der Waals surface area contributed by atoms with Gasteiger partial charge in [0.1, 0.15) is 6.29 Å². The van der Waals surface area contributed by atoms with Crippen LogP contribution in [-0.2, 0) is 4.79 Å². The number of ketones is 1. The van der Waals surface area contributed by atoms with Crippen molar-refractivity contribution in [3.63, 3.8) is 0 Å². The molecule has 0 amide bonds. The fourth-order valence-corrected chi connectivity index (χ4v) is 0.993. The van der Waals surface area contributed by atoms with Gasteiger partial charge in [0, 0.05) is 12.0 Å². The Morgan fingerprint density at radius 3 is 2.29 bits per heavy atom. The third-order valence-electron chi connectivity index (χ3n) is 1.88. The Morgan fingerprint density at radius 1 is 1.21 bits per heavy atom. The molecule has 0 aromatic heterocycles. The zero-order chi connectivity index (χ0) is 10.4. The fourth-order valence-electron chi connectivity index (χ4n) is 0.993. The first-order valence-corrected chi connectivity index (χ1v) is 4.52. The van der Waals surface area contributed by atoms with Crippen LogP contribution in [0.2, 0.25) is 0 Å². The molecule has 0 saturated carbocycles. The average molecular weight is 188 g/mol. The highest BCUT2D eigenvalue weighted by atomic mass is 16.1. The molecule has 2 heteroatoms. The van der Waals surface area contributed by atoms with E-state index in [0.29, 0.717) is 12.0 Å². The lowest BCUT2D eigenvalue weighted by atomic mass is 10.1. The molecule has 0 saturated heterocycles. The maximum atomic E-state index is 11.0. The number of rotatable bonds is 4. The van der Waals surface area contributed by atoms with Crippen LogP contribution in [-0.4, -0.2) is 12.1 Å². The summed E-state index contributed by atoms with van der Waals surface area (Å²) in [5.41, 5.74) is 1.57. The van der Waals surface area contributed by atoms with E-state index in [0.717, 1.165) is 11.8 Å². The fraction of sp³-hybridized carbons (Fsp3) is 0.167. The van der Waals surface area contributed by atoms with Crippen LogP contribution >= 0.6 is 0 Å². The van der Waals surface area contributed by atoms with Crippen molar-refractivity contribution in [3.8, 4) is 0 Å². The second-order valence-corrected chi connectivity index (χ2v) is 2.94. The molecule has 0 heterocycles. The largest absolute Gasteiger partial charge is 0.298 e. The lowest BCUT2D eigenvalue weighted by molar-refractivity contribution is -0.114. The Morgan fingerprint density at radius 2 is 1.79 bits per heavy atom. The summed E-state index contributed by atoms with van der Waals surface area (Å²) in [6.07, 6.45) is 4.62. The van der Waals surface area contributed by atoms with Crippen molar-refractivity contribution in [1.29, 1.82) is 0 Å². The average Bonchev–Trinajstić information content (AvgIpc) is 2.26. The van der Waals surface area contributed by atoms with Crippen molar-refractivity contribution < 1.29 is 9.59 Å². The number of aldehydes is 1. The third kappa shape index (κ3) is 2.98. The SMILES string of the molecule is CCC(=O)C=Cc1ccc(C=O)cc1. The van der Waals surface area contributed by atoms with Crippen LogP contribution in [0.3, 0.4) is 0 Å². The van der Waals surface area contributed by atoms with Gasteiger partial charge in [0.25, 0.3) is 0 Å². The van der Waals surface area contributed by atoms with E-state index in [9.17, 15) is 9.59 Å². The first kappa shape index (κ1) is 10.4. The van der Waals surface area contributed by atoms with E-state index in [2.05, 4.69) is 0 Å². The summed E-state index contributed by atoms with van der Waals surface area (Å²) in [4.78, 5) is 21.3. The molecule has 1 aromatic rings.